The van der Waals surface area contributed by atoms with Gasteiger partial charge in [-0.3, -0.25) is 0 Å². The Balaban J connectivity index is 0.870. The normalized spacial score (nSPS) is 15.9. The summed E-state index contributed by atoms with van der Waals surface area (Å²) in [5, 5.41) is 5.11. The molecule has 0 saturated heterocycles. The molecule has 15 rings (SSSR count). The van der Waals surface area contributed by atoms with Crippen LogP contribution in [0.5, 0.6) is 0 Å². The van der Waals surface area contributed by atoms with Crippen LogP contribution in [0, 0.1) is 0 Å². The van der Waals surface area contributed by atoms with Crippen molar-refractivity contribution in [1.29, 1.82) is 0 Å². The number of benzene rings is 11. The molecule has 0 unspecified atom stereocenters. The third-order valence-corrected chi connectivity index (χ3v) is 18.7. The van der Waals surface area contributed by atoms with Crippen LogP contribution in [0.25, 0.3) is 88.3 Å². The summed E-state index contributed by atoms with van der Waals surface area (Å²) >= 11 is 0. The minimum Gasteiger partial charge on any atom is -0.310 e. The molecule has 360 valence electrons. The molecule has 0 N–H and O–H groups in total. The summed E-state index contributed by atoms with van der Waals surface area (Å²) in [6.07, 6.45) is 0. The number of nitrogens with zero attached hydrogens (tertiary/aromatic N) is 1. The second-order valence-corrected chi connectivity index (χ2v) is 24.0. The Kier molecular flexibility index (Phi) is 8.95. The Morgan fingerprint density at radius 2 is 0.507 bits per heavy atom. The average Bonchev–Trinajstić information content (AvgIpc) is 3.99. The zero-order valence-electron chi connectivity index (χ0n) is 44.2. The Morgan fingerprint density at radius 3 is 0.933 bits per heavy atom. The fraction of sp³-hybridized carbons (Fsp3) is 0.162. The van der Waals surface area contributed by atoms with Gasteiger partial charge in [0.05, 0.1) is 0 Å². The smallest absolute Gasteiger partial charge is 0.0465 e. The van der Waals surface area contributed by atoms with Gasteiger partial charge in [-0.25, -0.2) is 0 Å². The minimum atomic E-state index is -0.272. The van der Waals surface area contributed by atoms with Gasteiger partial charge >= 0.3 is 0 Å². The first-order valence-electron chi connectivity index (χ1n) is 27.0. The number of anilines is 3. The number of hydrogen-bond acceptors (Lipinski definition) is 1. The molecule has 0 bridgehead atoms. The average molecular weight is 962 g/mol. The molecule has 0 atom stereocenters. The van der Waals surface area contributed by atoms with E-state index in [2.05, 4.69) is 273 Å². The molecular formula is C74H59N. The third kappa shape index (κ3) is 5.96. The van der Waals surface area contributed by atoms with Gasteiger partial charge in [0.25, 0.3) is 0 Å². The lowest BCUT2D eigenvalue weighted by atomic mass is 9.80. The van der Waals surface area contributed by atoms with Crippen molar-refractivity contribution < 1.29 is 0 Å². The van der Waals surface area contributed by atoms with E-state index in [4.69, 9.17) is 0 Å². The highest BCUT2D eigenvalue weighted by Gasteiger charge is 2.41. The lowest BCUT2D eigenvalue weighted by molar-refractivity contribution is 0.659. The van der Waals surface area contributed by atoms with Crippen LogP contribution in [0.15, 0.2) is 212 Å². The van der Waals surface area contributed by atoms with E-state index in [1.54, 1.807) is 0 Å². The molecule has 4 aliphatic rings. The van der Waals surface area contributed by atoms with Crippen molar-refractivity contribution in [3.63, 3.8) is 0 Å². The number of fused-ring (bicyclic) bond motifs is 14. The molecule has 0 aliphatic heterocycles. The molecule has 75 heavy (non-hydrogen) atoms. The molecular weight excluding hydrogens is 903 g/mol. The zero-order chi connectivity index (χ0) is 50.9. The van der Waals surface area contributed by atoms with Crippen LogP contribution >= 0.6 is 0 Å². The maximum absolute atomic E-state index is 2.53. The summed E-state index contributed by atoms with van der Waals surface area (Å²) < 4.78 is 0. The Labute approximate surface area is 441 Å². The molecule has 0 radical (unpaired) electrons. The summed E-state index contributed by atoms with van der Waals surface area (Å²) in [4.78, 5) is 2.53. The lowest BCUT2D eigenvalue weighted by Crippen LogP contribution is -2.19. The van der Waals surface area contributed by atoms with Crippen LogP contribution in [0.2, 0.25) is 0 Å². The van der Waals surface area contributed by atoms with E-state index in [1.165, 1.54) is 150 Å². The van der Waals surface area contributed by atoms with Crippen LogP contribution in [0.3, 0.4) is 0 Å². The monoisotopic (exact) mass is 961 g/mol. The number of rotatable bonds is 5. The Hall–Kier alpha value is -8.26. The zero-order valence-corrected chi connectivity index (χ0v) is 44.2. The van der Waals surface area contributed by atoms with E-state index < -0.39 is 0 Å². The molecule has 0 amide bonds. The second-order valence-electron chi connectivity index (χ2n) is 24.0. The molecule has 0 spiro atoms. The maximum Gasteiger partial charge on any atom is 0.0465 e. The van der Waals surface area contributed by atoms with Crippen molar-refractivity contribution in [2.45, 2.75) is 77.0 Å². The first-order chi connectivity index (χ1) is 36.2. The van der Waals surface area contributed by atoms with Crippen LogP contribution in [-0.4, -0.2) is 0 Å². The van der Waals surface area contributed by atoms with Crippen molar-refractivity contribution in [2.75, 3.05) is 4.90 Å². The van der Waals surface area contributed by atoms with Gasteiger partial charge in [0.15, 0.2) is 0 Å². The largest absolute Gasteiger partial charge is 0.310 e. The molecule has 0 heterocycles. The molecule has 1 heteroatoms. The van der Waals surface area contributed by atoms with E-state index in [0.717, 1.165) is 0 Å². The predicted octanol–water partition coefficient (Wildman–Crippen LogP) is 20.0. The van der Waals surface area contributed by atoms with Crippen LogP contribution in [0.4, 0.5) is 17.1 Å². The molecule has 11 aromatic carbocycles. The summed E-state index contributed by atoms with van der Waals surface area (Å²) in [5.41, 5.74) is 29.8. The van der Waals surface area contributed by atoms with Gasteiger partial charge in [-0.1, -0.05) is 219 Å². The SMILES string of the molecule is CC1(C)c2ccccc2-c2cc(-c3c4ccccc4c(-c4ccc5c(c4)C(C)(C)c4cc(N(c6ccc7c(c6)C(C)(C)c6ccccc6-7)c6ccc7c(c6)C(C)(C)c6ccccc6-7)ccc4-5)c4ccccc34)ccc21. The van der Waals surface area contributed by atoms with Gasteiger partial charge in [0.1, 0.15) is 0 Å². The van der Waals surface area contributed by atoms with Crippen molar-refractivity contribution in [2.24, 2.45) is 0 Å². The number of hydrogen-bond donors (Lipinski definition) is 0. The van der Waals surface area contributed by atoms with Crippen LogP contribution in [-0.2, 0) is 21.7 Å². The first-order valence-corrected chi connectivity index (χ1v) is 27.0. The molecule has 1 nitrogen and oxygen atoms in total. The molecule has 0 fully saturated rings. The Bertz CT molecular complexity index is 4140. The Morgan fingerprint density at radius 1 is 0.227 bits per heavy atom. The highest BCUT2D eigenvalue weighted by Crippen LogP contribution is 2.57. The molecule has 11 aromatic rings. The predicted molar refractivity (Wildman–Crippen MR) is 317 cm³/mol. The van der Waals surface area contributed by atoms with E-state index in [0.29, 0.717) is 0 Å². The van der Waals surface area contributed by atoms with E-state index in [1.807, 2.05) is 0 Å². The summed E-state index contributed by atoms with van der Waals surface area (Å²) in [7, 11) is 0. The van der Waals surface area contributed by atoms with Crippen molar-refractivity contribution in [3.8, 4) is 66.8 Å². The van der Waals surface area contributed by atoms with Crippen molar-refractivity contribution >= 4 is 38.6 Å². The topological polar surface area (TPSA) is 3.24 Å². The highest BCUT2D eigenvalue weighted by molar-refractivity contribution is 6.21. The molecule has 0 saturated carbocycles. The van der Waals surface area contributed by atoms with Crippen molar-refractivity contribution in [3.05, 3.63) is 257 Å². The van der Waals surface area contributed by atoms with Gasteiger partial charge in [-0.15, -0.1) is 0 Å². The van der Waals surface area contributed by atoms with Crippen molar-refractivity contribution in [1.82, 2.24) is 0 Å². The molecule has 0 aromatic heterocycles. The quantitative estimate of drug-likeness (QED) is 0.155. The van der Waals surface area contributed by atoms with E-state index in [9.17, 15) is 0 Å². The fourth-order valence-corrected chi connectivity index (χ4v) is 14.8. The van der Waals surface area contributed by atoms with E-state index in [-0.39, 0.29) is 21.7 Å². The van der Waals surface area contributed by atoms with Crippen LogP contribution in [0.1, 0.15) is 99.9 Å². The van der Waals surface area contributed by atoms with Gasteiger partial charge in [0.2, 0.25) is 0 Å². The van der Waals surface area contributed by atoms with Gasteiger partial charge in [-0.2, -0.15) is 0 Å². The summed E-state index contributed by atoms with van der Waals surface area (Å²) in [6.45, 7) is 19.2. The lowest BCUT2D eigenvalue weighted by Gasteiger charge is -2.31. The van der Waals surface area contributed by atoms with Gasteiger partial charge < -0.3 is 4.90 Å². The highest BCUT2D eigenvalue weighted by atomic mass is 15.1. The summed E-state index contributed by atoms with van der Waals surface area (Å²) in [6, 6.07) is 81.4. The minimum absolute atomic E-state index is 0.0410. The van der Waals surface area contributed by atoms with Gasteiger partial charge in [0, 0.05) is 38.7 Å². The maximum atomic E-state index is 2.53. The molecule has 4 aliphatic carbocycles. The first kappa shape index (κ1) is 44.2. The third-order valence-electron chi connectivity index (χ3n) is 18.7. The van der Waals surface area contributed by atoms with Gasteiger partial charge in [-0.05, 0) is 181 Å². The standard InChI is InChI=1S/C74H59N/c1-71(2)63-28-18-15-21-51(63)60-39-44(30-38-64(60)71)69-56-22-9-11-24-58(56)70(59-25-12-10-23-57(59)69)45-29-34-52-55-37-33-48(43-68(55)74(7,8)65(52)40-45)75(46-31-35-53-49-19-13-16-26-61(49)72(3,4)66(53)41-46)47-32-36-54-50-20-14-17-27-62(50)73(5,6)67(54)42-47/h9-43H,1-8H3. The van der Waals surface area contributed by atoms with Crippen LogP contribution < -0.4 is 4.90 Å². The summed E-state index contributed by atoms with van der Waals surface area (Å²) in [5.74, 6) is 0. The van der Waals surface area contributed by atoms with E-state index >= 15 is 0 Å². The fourth-order valence-electron chi connectivity index (χ4n) is 14.8. The second kappa shape index (κ2) is 15.2.